The van der Waals surface area contributed by atoms with Gasteiger partial charge in [0.05, 0.1) is 11.4 Å². The summed E-state index contributed by atoms with van der Waals surface area (Å²) < 4.78 is 26.8. The van der Waals surface area contributed by atoms with Crippen LogP contribution < -0.4 is 10.0 Å². The number of rotatable bonds is 5. The number of hydrogen-bond donors (Lipinski definition) is 2. The van der Waals surface area contributed by atoms with E-state index in [1.165, 1.54) is 6.07 Å². The molecule has 2 N–H and O–H groups in total. The fraction of sp³-hybridized carbons (Fsp3) is 0.235. The van der Waals surface area contributed by atoms with Crippen molar-refractivity contribution in [2.75, 3.05) is 11.9 Å². The summed E-state index contributed by atoms with van der Waals surface area (Å²) in [5.74, 6) is -0.410. The Labute approximate surface area is 136 Å². The summed E-state index contributed by atoms with van der Waals surface area (Å²) in [4.78, 5) is 12.1. The SMILES string of the molecule is Cc1ccc(S(=O)(=O)NCC(=O)Nc2ccccc2C)cc1C. The predicted octanol–water partition coefficient (Wildman–Crippen LogP) is 2.53. The van der Waals surface area contributed by atoms with Gasteiger partial charge in [0.1, 0.15) is 0 Å². The van der Waals surface area contributed by atoms with Crippen LogP contribution in [-0.2, 0) is 14.8 Å². The largest absolute Gasteiger partial charge is 0.325 e. The van der Waals surface area contributed by atoms with Gasteiger partial charge in [-0.2, -0.15) is 0 Å². The van der Waals surface area contributed by atoms with E-state index in [1.54, 1.807) is 18.2 Å². The molecule has 122 valence electrons. The monoisotopic (exact) mass is 332 g/mol. The second kappa shape index (κ2) is 6.93. The zero-order chi connectivity index (χ0) is 17.0. The van der Waals surface area contributed by atoms with Crippen LogP contribution in [-0.4, -0.2) is 20.9 Å². The number of carbonyl (C=O) groups excluding carboxylic acids is 1. The van der Waals surface area contributed by atoms with Gasteiger partial charge >= 0.3 is 0 Å². The van der Waals surface area contributed by atoms with Gasteiger partial charge in [-0.1, -0.05) is 24.3 Å². The van der Waals surface area contributed by atoms with Crippen LogP contribution in [0.15, 0.2) is 47.4 Å². The summed E-state index contributed by atoms with van der Waals surface area (Å²) in [5.41, 5.74) is 3.49. The van der Waals surface area contributed by atoms with Crippen LogP contribution in [0.1, 0.15) is 16.7 Å². The molecule has 1 amide bonds. The lowest BCUT2D eigenvalue weighted by Gasteiger charge is -2.10. The fourth-order valence-electron chi connectivity index (χ4n) is 2.03. The highest BCUT2D eigenvalue weighted by atomic mass is 32.2. The van der Waals surface area contributed by atoms with E-state index in [1.807, 2.05) is 39.0 Å². The molecule has 0 spiro atoms. The summed E-state index contributed by atoms with van der Waals surface area (Å²) in [6.07, 6.45) is 0. The molecule has 2 rings (SSSR count). The lowest BCUT2D eigenvalue weighted by molar-refractivity contribution is -0.115. The number of anilines is 1. The summed E-state index contributed by atoms with van der Waals surface area (Å²) in [5, 5.41) is 2.69. The first-order valence-corrected chi connectivity index (χ1v) is 8.70. The van der Waals surface area contributed by atoms with E-state index >= 15 is 0 Å². The maximum atomic E-state index is 12.2. The molecule has 0 atom stereocenters. The zero-order valence-electron chi connectivity index (χ0n) is 13.4. The molecule has 0 aromatic heterocycles. The molecule has 5 nitrogen and oxygen atoms in total. The van der Waals surface area contributed by atoms with Crippen LogP contribution in [0.25, 0.3) is 0 Å². The Morgan fingerprint density at radius 3 is 2.30 bits per heavy atom. The molecule has 0 bridgehead atoms. The van der Waals surface area contributed by atoms with Gasteiger partial charge in [-0.3, -0.25) is 4.79 Å². The highest BCUT2D eigenvalue weighted by Crippen LogP contribution is 2.15. The standard InChI is InChI=1S/C17H20N2O3S/c1-12-8-9-15(10-14(12)3)23(21,22)18-11-17(20)19-16-7-5-4-6-13(16)2/h4-10,18H,11H2,1-3H3,(H,19,20). The van der Waals surface area contributed by atoms with Crippen molar-refractivity contribution in [2.45, 2.75) is 25.7 Å². The van der Waals surface area contributed by atoms with Crippen LogP contribution in [0.4, 0.5) is 5.69 Å². The molecule has 23 heavy (non-hydrogen) atoms. The van der Waals surface area contributed by atoms with E-state index in [2.05, 4.69) is 10.0 Å². The molecule has 0 aliphatic heterocycles. The van der Waals surface area contributed by atoms with Crippen molar-refractivity contribution in [1.29, 1.82) is 0 Å². The minimum atomic E-state index is -3.71. The van der Waals surface area contributed by atoms with Gasteiger partial charge < -0.3 is 5.32 Å². The van der Waals surface area contributed by atoms with E-state index in [-0.39, 0.29) is 11.4 Å². The van der Waals surface area contributed by atoms with Crippen molar-refractivity contribution >= 4 is 21.6 Å². The first-order valence-electron chi connectivity index (χ1n) is 7.22. The van der Waals surface area contributed by atoms with Gasteiger partial charge in [-0.05, 0) is 55.7 Å². The van der Waals surface area contributed by atoms with Crippen LogP contribution in [0.5, 0.6) is 0 Å². The number of nitrogens with one attached hydrogen (secondary N) is 2. The number of sulfonamides is 1. The van der Waals surface area contributed by atoms with Crippen LogP contribution >= 0.6 is 0 Å². The quantitative estimate of drug-likeness (QED) is 0.883. The molecule has 2 aromatic rings. The molecule has 0 unspecified atom stereocenters. The van der Waals surface area contributed by atoms with E-state index in [0.29, 0.717) is 5.69 Å². The third kappa shape index (κ3) is 4.40. The van der Waals surface area contributed by atoms with Gasteiger partial charge in [0, 0.05) is 5.69 Å². The number of amides is 1. The minimum Gasteiger partial charge on any atom is -0.325 e. The molecule has 0 aliphatic rings. The lowest BCUT2D eigenvalue weighted by Crippen LogP contribution is -2.33. The smallest absolute Gasteiger partial charge is 0.241 e. The number of benzene rings is 2. The maximum absolute atomic E-state index is 12.2. The third-order valence-corrected chi connectivity index (χ3v) is 5.03. The summed E-state index contributed by atoms with van der Waals surface area (Å²) in [7, 11) is -3.71. The first kappa shape index (κ1) is 17.2. The van der Waals surface area contributed by atoms with Gasteiger partial charge in [0.15, 0.2) is 0 Å². The van der Waals surface area contributed by atoms with E-state index < -0.39 is 15.9 Å². The van der Waals surface area contributed by atoms with Crippen molar-refractivity contribution in [1.82, 2.24) is 4.72 Å². The highest BCUT2D eigenvalue weighted by molar-refractivity contribution is 7.89. The summed E-state index contributed by atoms with van der Waals surface area (Å²) in [6.45, 7) is 5.31. The van der Waals surface area contributed by atoms with Gasteiger partial charge in [0.25, 0.3) is 0 Å². The number of hydrogen-bond acceptors (Lipinski definition) is 3. The zero-order valence-corrected chi connectivity index (χ0v) is 14.2. The second-order valence-electron chi connectivity index (χ2n) is 5.43. The molecule has 0 saturated heterocycles. The topological polar surface area (TPSA) is 75.3 Å². The van der Waals surface area contributed by atoms with E-state index in [4.69, 9.17) is 0 Å². The molecular weight excluding hydrogens is 312 g/mol. The fourth-order valence-corrected chi connectivity index (χ4v) is 3.10. The minimum absolute atomic E-state index is 0.157. The van der Waals surface area contributed by atoms with Crippen LogP contribution in [0.3, 0.4) is 0 Å². The van der Waals surface area contributed by atoms with Crippen molar-refractivity contribution in [2.24, 2.45) is 0 Å². The Bertz CT molecular complexity index is 829. The van der Waals surface area contributed by atoms with Crippen LogP contribution in [0, 0.1) is 20.8 Å². The number of para-hydroxylation sites is 1. The average Bonchev–Trinajstić information content (AvgIpc) is 2.50. The Kier molecular flexibility index (Phi) is 5.18. The lowest BCUT2D eigenvalue weighted by atomic mass is 10.1. The van der Waals surface area contributed by atoms with Crippen LogP contribution in [0.2, 0.25) is 0 Å². The molecule has 0 saturated carbocycles. The molecule has 0 fully saturated rings. The molecular formula is C17H20N2O3S. The number of carbonyl (C=O) groups is 1. The van der Waals surface area contributed by atoms with Gasteiger partial charge in [-0.15, -0.1) is 0 Å². The predicted molar refractivity (Wildman–Crippen MR) is 90.9 cm³/mol. The summed E-state index contributed by atoms with van der Waals surface area (Å²) >= 11 is 0. The van der Waals surface area contributed by atoms with Crippen molar-refractivity contribution in [3.05, 3.63) is 59.2 Å². The highest BCUT2D eigenvalue weighted by Gasteiger charge is 2.16. The van der Waals surface area contributed by atoms with Crippen molar-refractivity contribution in [3.8, 4) is 0 Å². The molecule has 6 heteroatoms. The Hall–Kier alpha value is -2.18. The molecule has 0 heterocycles. The molecule has 0 aliphatic carbocycles. The summed E-state index contributed by atoms with van der Waals surface area (Å²) in [6, 6.07) is 12.2. The Morgan fingerprint density at radius 2 is 1.65 bits per heavy atom. The average molecular weight is 332 g/mol. The number of aryl methyl sites for hydroxylation is 3. The molecule has 0 radical (unpaired) electrons. The van der Waals surface area contributed by atoms with E-state index in [9.17, 15) is 13.2 Å². The van der Waals surface area contributed by atoms with Gasteiger partial charge in [0.2, 0.25) is 15.9 Å². The van der Waals surface area contributed by atoms with Crippen molar-refractivity contribution in [3.63, 3.8) is 0 Å². The maximum Gasteiger partial charge on any atom is 0.241 e. The van der Waals surface area contributed by atoms with E-state index in [0.717, 1.165) is 16.7 Å². The normalized spacial score (nSPS) is 11.3. The van der Waals surface area contributed by atoms with Gasteiger partial charge in [-0.25, -0.2) is 13.1 Å². The Balaban J connectivity index is 2.03. The Morgan fingerprint density at radius 1 is 0.957 bits per heavy atom. The van der Waals surface area contributed by atoms with Crippen molar-refractivity contribution < 1.29 is 13.2 Å². The second-order valence-corrected chi connectivity index (χ2v) is 7.20. The third-order valence-electron chi connectivity index (χ3n) is 3.63. The first-order chi connectivity index (χ1) is 10.8. The molecule has 2 aromatic carbocycles.